The van der Waals surface area contributed by atoms with Gasteiger partial charge in [0.25, 0.3) is 5.69 Å². The number of nitro benzene ring substituents is 1. The van der Waals surface area contributed by atoms with Gasteiger partial charge in [0.1, 0.15) is 0 Å². The SMILES string of the molecule is Cc1cc(NCc2ccc(S(C)(=O)=O)cc2)c2cccc([N+](=O)[O-])c2n1. The molecule has 0 aliphatic carbocycles. The van der Waals surface area contributed by atoms with Gasteiger partial charge in [-0.3, -0.25) is 10.1 Å². The highest BCUT2D eigenvalue weighted by molar-refractivity contribution is 7.90. The molecule has 0 fully saturated rings. The molecule has 0 radical (unpaired) electrons. The third-order valence-corrected chi connectivity index (χ3v) is 5.11. The summed E-state index contributed by atoms with van der Waals surface area (Å²) in [6.45, 7) is 2.23. The molecule has 1 aromatic heterocycles. The molecule has 8 heteroatoms. The van der Waals surface area contributed by atoms with Crippen LogP contribution in [0.25, 0.3) is 10.9 Å². The van der Waals surface area contributed by atoms with Crippen LogP contribution in [0, 0.1) is 17.0 Å². The summed E-state index contributed by atoms with van der Waals surface area (Å²) in [5, 5.41) is 15.1. The lowest BCUT2D eigenvalue weighted by atomic mass is 10.1. The zero-order valence-electron chi connectivity index (χ0n) is 14.3. The molecule has 0 aliphatic heterocycles. The number of para-hydroxylation sites is 1. The Bertz CT molecular complexity index is 1090. The number of aryl methyl sites for hydroxylation is 1. The molecule has 3 rings (SSSR count). The van der Waals surface area contributed by atoms with Crippen molar-refractivity contribution in [3.05, 3.63) is 69.9 Å². The van der Waals surface area contributed by atoms with E-state index in [0.29, 0.717) is 23.1 Å². The maximum Gasteiger partial charge on any atom is 0.295 e. The lowest BCUT2D eigenvalue weighted by Crippen LogP contribution is -2.03. The van der Waals surface area contributed by atoms with Crippen LogP contribution in [-0.4, -0.2) is 24.6 Å². The predicted molar refractivity (Wildman–Crippen MR) is 100 cm³/mol. The van der Waals surface area contributed by atoms with Crippen molar-refractivity contribution in [2.24, 2.45) is 0 Å². The van der Waals surface area contributed by atoms with Crippen LogP contribution in [0.4, 0.5) is 11.4 Å². The topological polar surface area (TPSA) is 102 Å². The Hall–Kier alpha value is -3.00. The van der Waals surface area contributed by atoms with Crippen LogP contribution >= 0.6 is 0 Å². The third kappa shape index (κ3) is 3.65. The van der Waals surface area contributed by atoms with E-state index in [-0.39, 0.29) is 10.6 Å². The van der Waals surface area contributed by atoms with Gasteiger partial charge >= 0.3 is 0 Å². The van der Waals surface area contributed by atoms with Crippen molar-refractivity contribution in [3.8, 4) is 0 Å². The molecule has 2 aromatic carbocycles. The van der Waals surface area contributed by atoms with Gasteiger partial charge in [0.05, 0.1) is 9.82 Å². The van der Waals surface area contributed by atoms with Crippen molar-refractivity contribution in [1.29, 1.82) is 0 Å². The molecule has 3 aromatic rings. The first kappa shape index (κ1) is 17.8. The van der Waals surface area contributed by atoms with E-state index in [1.165, 1.54) is 12.3 Å². The van der Waals surface area contributed by atoms with Gasteiger partial charge in [0.15, 0.2) is 15.4 Å². The van der Waals surface area contributed by atoms with Crippen LogP contribution in [0.1, 0.15) is 11.3 Å². The number of aromatic nitrogens is 1. The normalized spacial score (nSPS) is 11.5. The summed E-state index contributed by atoms with van der Waals surface area (Å²) in [6.07, 6.45) is 1.17. The molecule has 26 heavy (non-hydrogen) atoms. The smallest absolute Gasteiger partial charge is 0.295 e. The predicted octanol–water partition coefficient (Wildman–Crippen LogP) is 3.47. The van der Waals surface area contributed by atoms with Crippen molar-refractivity contribution in [2.75, 3.05) is 11.6 Å². The van der Waals surface area contributed by atoms with Crippen molar-refractivity contribution < 1.29 is 13.3 Å². The third-order valence-electron chi connectivity index (χ3n) is 3.98. The molecule has 0 aliphatic rings. The second-order valence-electron chi connectivity index (χ2n) is 6.01. The first-order valence-electron chi connectivity index (χ1n) is 7.83. The molecule has 0 spiro atoms. The number of hydrogen-bond acceptors (Lipinski definition) is 6. The van der Waals surface area contributed by atoms with Gasteiger partial charge < -0.3 is 5.32 Å². The Morgan fingerprint density at radius 2 is 1.85 bits per heavy atom. The molecular formula is C18H17N3O4S. The molecule has 7 nitrogen and oxygen atoms in total. The second kappa shape index (κ2) is 6.72. The Balaban J connectivity index is 1.92. The number of nitrogens with zero attached hydrogens (tertiary/aromatic N) is 2. The van der Waals surface area contributed by atoms with Gasteiger partial charge in [0.2, 0.25) is 0 Å². The summed E-state index contributed by atoms with van der Waals surface area (Å²) >= 11 is 0. The highest BCUT2D eigenvalue weighted by Crippen LogP contribution is 2.30. The maximum absolute atomic E-state index is 11.5. The number of fused-ring (bicyclic) bond motifs is 1. The Morgan fingerprint density at radius 3 is 2.46 bits per heavy atom. The van der Waals surface area contributed by atoms with Gasteiger partial charge in [0, 0.05) is 35.6 Å². The summed E-state index contributed by atoms with van der Waals surface area (Å²) < 4.78 is 23.0. The number of non-ortho nitro benzene ring substituents is 1. The fourth-order valence-electron chi connectivity index (χ4n) is 2.71. The average Bonchev–Trinajstić information content (AvgIpc) is 2.58. The highest BCUT2D eigenvalue weighted by atomic mass is 32.2. The molecule has 0 unspecified atom stereocenters. The summed E-state index contributed by atoms with van der Waals surface area (Å²) in [6, 6.07) is 13.3. The Kier molecular flexibility index (Phi) is 4.60. The van der Waals surface area contributed by atoms with E-state index >= 15 is 0 Å². The fraction of sp³-hybridized carbons (Fsp3) is 0.167. The molecule has 0 bridgehead atoms. The van der Waals surface area contributed by atoms with Gasteiger partial charge in [-0.2, -0.15) is 0 Å². The second-order valence-corrected chi connectivity index (χ2v) is 8.03. The first-order chi connectivity index (χ1) is 12.3. The first-order valence-corrected chi connectivity index (χ1v) is 9.72. The summed E-state index contributed by atoms with van der Waals surface area (Å²) in [5.41, 5.74) is 2.61. The summed E-state index contributed by atoms with van der Waals surface area (Å²) in [4.78, 5) is 15.4. The van der Waals surface area contributed by atoms with Crippen LogP contribution in [0.5, 0.6) is 0 Å². The Labute approximate surface area is 150 Å². The number of nitro groups is 1. The minimum Gasteiger partial charge on any atom is -0.380 e. The van der Waals surface area contributed by atoms with E-state index in [2.05, 4.69) is 10.3 Å². The van der Waals surface area contributed by atoms with Gasteiger partial charge in [-0.25, -0.2) is 13.4 Å². The van der Waals surface area contributed by atoms with Gasteiger partial charge in [-0.1, -0.05) is 24.3 Å². The zero-order valence-corrected chi connectivity index (χ0v) is 15.1. The number of sulfone groups is 1. The van der Waals surface area contributed by atoms with Crippen LogP contribution in [0.2, 0.25) is 0 Å². The van der Waals surface area contributed by atoms with Crippen LogP contribution in [0.15, 0.2) is 53.4 Å². The lowest BCUT2D eigenvalue weighted by molar-refractivity contribution is -0.383. The lowest BCUT2D eigenvalue weighted by Gasteiger charge is -2.11. The fourth-order valence-corrected chi connectivity index (χ4v) is 3.34. The van der Waals surface area contributed by atoms with Crippen LogP contribution in [0.3, 0.4) is 0 Å². The standard InChI is InChI=1S/C18H17N3O4S/c1-12-10-16(15-4-3-5-17(21(22)23)18(15)20-12)19-11-13-6-8-14(9-7-13)26(2,24)25/h3-10H,11H2,1-2H3,(H,19,20). The molecular weight excluding hydrogens is 354 g/mol. The molecule has 0 saturated carbocycles. The highest BCUT2D eigenvalue weighted by Gasteiger charge is 2.15. The zero-order chi connectivity index (χ0) is 18.9. The van der Waals surface area contributed by atoms with Crippen molar-refractivity contribution in [2.45, 2.75) is 18.4 Å². The van der Waals surface area contributed by atoms with Crippen LogP contribution in [-0.2, 0) is 16.4 Å². The number of rotatable bonds is 5. The molecule has 0 atom stereocenters. The van der Waals surface area contributed by atoms with Crippen molar-refractivity contribution >= 4 is 32.1 Å². The quantitative estimate of drug-likeness (QED) is 0.544. The van der Waals surface area contributed by atoms with E-state index in [9.17, 15) is 18.5 Å². The maximum atomic E-state index is 11.5. The summed E-state index contributed by atoms with van der Waals surface area (Å²) in [5.74, 6) is 0. The average molecular weight is 371 g/mol. The van der Waals surface area contributed by atoms with Crippen LogP contribution < -0.4 is 5.32 Å². The minimum atomic E-state index is -3.23. The van der Waals surface area contributed by atoms with E-state index < -0.39 is 14.8 Å². The monoisotopic (exact) mass is 371 g/mol. The molecule has 1 heterocycles. The Morgan fingerprint density at radius 1 is 1.15 bits per heavy atom. The van der Waals surface area contributed by atoms with Crippen molar-refractivity contribution in [3.63, 3.8) is 0 Å². The van der Waals surface area contributed by atoms with E-state index in [0.717, 1.165) is 11.3 Å². The number of pyridine rings is 1. The number of anilines is 1. The molecule has 0 saturated heterocycles. The summed E-state index contributed by atoms with van der Waals surface area (Å²) in [7, 11) is -3.23. The van der Waals surface area contributed by atoms with E-state index in [1.807, 2.05) is 6.07 Å². The van der Waals surface area contributed by atoms with E-state index in [1.54, 1.807) is 43.3 Å². The molecule has 0 amide bonds. The largest absolute Gasteiger partial charge is 0.380 e. The number of hydrogen-bond donors (Lipinski definition) is 1. The molecule has 1 N–H and O–H groups in total. The van der Waals surface area contributed by atoms with Gasteiger partial charge in [-0.15, -0.1) is 0 Å². The van der Waals surface area contributed by atoms with Gasteiger partial charge in [-0.05, 0) is 30.7 Å². The molecule has 134 valence electrons. The van der Waals surface area contributed by atoms with E-state index in [4.69, 9.17) is 0 Å². The van der Waals surface area contributed by atoms with Crippen molar-refractivity contribution in [1.82, 2.24) is 4.98 Å². The minimum absolute atomic E-state index is 0.0354. The number of nitrogens with one attached hydrogen (secondary N) is 1. The number of benzene rings is 2.